The Morgan fingerprint density at radius 3 is 2.64 bits per heavy atom. The van der Waals surface area contributed by atoms with Gasteiger partial charge in [0.2, 0.25) is 0 Å². The van der Waals surface area contributed by atoms with Crippen LogP contribution in [0.15, 0.2) is 22.7 Å². The van der Waals surface area contributed by atoms with Gasteiger partial charge < -0.3 is 0 Å². The summed E-state index contributed by atoms with van der Waals surface area (Å²) in [5, 5.41) is 10.4. The van der Waals surface area contributed by atoms with E-state index in [1.807, 2.05) is 5.43 Å². The van der Waals surface area contributed by atoms with E-state index in [2.05, 4.69) is 15.9 Å². The van der Waals surface area contributed by atoms with Gasteiger partial charge in [-0.1, -0.05) is 0 Å². The van der Waals surface area contributed by atoms with Crippen LogP contribution in [0, 0.1) is 10.1 Å². The fourth-order valence-corrected chi connectivity index (χ4v) is 1.43. The van der Waals surface area contributed by atoms with Crippen molar-refractivity contribution in [2.24, 2.45) is 5.84 Å². The van der Waals surface area contributed by atoms with Gasteiger partial charge in [0.05, 0.1) is 10.5 Å². The van der Waals surface area contributed by atoms with Crippen molar-refractivity contribution in [2.45, 2.75) is 0 Å². The van der Waals surface area contributed by atoms with Gasteiger partial charge in [0.1, 0.15) is 0 Å². The van der Waals surface area contributed by atoms with E-state index < -0.39 is 10.8 Å². The monoisotopic (exact) mass is 259 g/mol. The number of rotatable bonds is 2. The average molecular weight is 260 g/mol. The van der Waals surface area contributed by atoms with Crippen LogP contribution in [0.4, 0.5) is 5.69 Å². The second-order valence-electron chi connectivity index (χ2n) is 2.39. The van der Waals surface area contributed by atoms with E-state index in [9.17, 15) is 14.9 Å². The highest BCUT2D eigenvalue weighted by atomic mass is 79.9. The van der Waals surface area contributed by atoms with E-state index in [4.69, 9.17) is 5.84 Å². The third-order valence-electron chi connectivity index (χ3n) is 1.54. The molecular weight excluding hydrogens is 254 g/mol. The van der Waals surface area contributed by atoms with E-state index in [0.29, 0.717) is 4.47 Å². The van der Waals surface area contributed by atoms with Gasteiger partial charge in [0.25, 0.3) is 11.6 Å². The molecule has 0 saturated heterocycles. The fraction of sp³-hybridized carbons (Fsp3) is 0. The van der Waals surface area contributed by atoms with Crippen LogP contribution in [0.2, 0.25) is 0 Å². The second kappa shape index (κ2) is 4.16. The Hall–Kier alpha value is -1.47. The van der Waals surface area contributed by atoms with Crippen LogP contribution in [0.5, 0.6) is 0 Å². The zero-order valence-electron chi connectivity index (χ0n) is 6.86. The van der Waals surface area contributed by atoms with Crippen molar-refractivity contribution in [3.8, 4) is 0 Å². The van der Waals surface area contributed by atoms with Crippen LogP contribution in [0.1, 0.15) is 10.4 Å². The number of nitro benzene ring substituents is 1. The van der Waals surface area contributed by atoms with Crippen molar-refractivity contribution in [3.05, 3.63) is 38.3 Å². The molecule has 1 rings (SSSR count). The van der Waals surface area contributed by atoms with Crippen molar-refractivity contribution in [1.29, 1.82) is 0 Å². The van der Waals surface area contributed by atoms with E-state index in [1.165, 1.54) is 18.2 Å². The summed E-state index contributed by atoms with van der Waals surface area (Å²) >= 11 is 3.04. The molecule has 0 fully saturated rings. The van der Waals surface area contributed by atoms with Crippen molar-refractivity contribution in [2.75, 3.05) is 0 Å². The largest absolute Gasteiger partial charge is 0.290 e. The van der Waals surface area contributed by atoms with Crippen molar-refractivity contribution >= 4 is 27.5 Å². The predicted octanol–water partition coefficient (Wildman–Crippen LogP) is 0.961. The molecule has 14 heavy (non-hydrogen) atoms. The van der Waals surface area contributed by atoms with Gasteiger partial charge in [-0.05, 0) is 22.0 Å². The molecule has 0 aliphatic rings. The van der Waals surface area contributed by atoms with Gasteiger partial charge in [-0.3, -0.25) is 20.3 Å². The predicted molar refractivity (Wildman–Crippen MR) is 52.5 cm³/mol. The van der Waals surface area contributed by atoms with E-state index >= 15 is 0 Å². The normalized spacial score (nSPS) is 9.57. The van der Waals surface area contributed by atoms with Crippen LogP contribution in [0.25, 0.3) is 0 Å². The maximum absolute atomic E-state index is 11.1. The molecule has 6 nitrogen and oxygen atoms in total. The smallest absolute Gasteiger partial charge is 0.270 e. The van der Waals surface area contributed by atoms with Crippen molar-refractivity contribution in [1.82, 2.24) is 5.43 Å². The maximum Gasteiger partial charge on any atom is 0.270 e. The minimum Gasteiger partial charge on any atom is -0.290 e. The van der Waals surface area contributed by atoms with Crippen LogP contribution >= 0.6 is 15.9 Å². The third kappa shape index (κ3) is 2.06. The zero-order chi connectivity index (χ0) is 10.7. The highest BCUT2D eigenvalue weighted by molar-refractivity contribution is 9.10. The minimum absolute atomic E-state index is 0.0922. The summed E-state index contributed by atoms with van der Waals surface area (Å²) in [5.41, 5.74) is 2.09. The molecule has 0 saturated carbocycles. The van der Waals surface area contributed by atoms with Crippen LogP contribution < -0.4 is 11.3 Å². The number of hydrogen-bond donors (Lipinski definition) is 2. The standard InChI is InChI=1S/C7H6BrN3O3/c8-6-3-4(11(13)14)1-2-5(6)7(12)10-9/h1-3H,9H2,(H,10,12). The van der Waals surface area contributed by atoms with Crippen molar-refractivity contribution < 1.29 is 9.72 Å². The lowest BCUT2D eigenvalue weighted by Crippen LogP contribution is -2.30. The summed E-state index contributed by atoms with van der Waals surface area (Å²) in [6, 6.07) is 3.80. The number of nitrogens with one attached hydrogen (secondary N) is 1. The lowest BCUT2D eigenvalue weighted by molar-refractivity contribution is -0.384. The Labute approximate surface area is 87.3 Å². The number of benzene rings is 1. The third-order valence-corrected chi connectivity index (χ3v) is 2.20. The summed E-state index contributed by atoms with van der Waals surface area (Å²) in [4.78, 5) is 20.9. The molecule has 0 unspecified atom stereocenters. The second-order valence-corrected chi connectivity index (χ2v) is 3.25. The molecule has 1 amide bonds. The number of nitrogens with two attached hydrogens (primary N) is 1. The Bertz CT molecular complexity index is 394. The molecule has 1 aromatic rings. The first-order chi connectivity index (χ1) is 6.56. The van der Waals surface area contributed by atoms with Crippen LogP contribution in [-0.4, -0.2) is 10.8 Å². The number of hydrazine groups is 1. The molecule has 0 spiro atoms. The SMILES string of the molecule is NNC(=O)c1ccc([N+](=O)[O-])cc1Br. The summed E-state index contributed by atoms with van der Waals surface area (Å²) in [6.45, 7) is 0. The maximum atomic E-state index is 11.1. The van der Waals surface area contributed by atoms with Gasteiger partial charge in [-0.15, -0.1) is 0 Å². The Balaban J connectivity index is 3.14. The van der Waals surface area contributed by atoms with E-state index in [1.54, 1.807) is 0 Å². The van der Waals surface area contributed by atoms with E-state index in [-0.39, 0.29) is 11.3 Å². The molecule has 7 heteroatoms. The first-order valence-corrected chi connectivity index (χ1v) is 4.30. The molecule has 0 aliphatic heterocycles. The number of amides is 1. The van der Waals surface area contributed by atoms with Crippen LogP contribution in [0.3, 0.4) is 0 Å². The van der Waals surface area contributed by atoms with Crippen LogP contribution in [-0.2, 0) is 0 Å². The lowest BCUT2D eigenvalue weighted by Gasteiger charge is -2.01. The summed E-state index contributed by atoms with van der Waals surface area (Å²) in [6.07, 6.45) is 0. The molecule has 0 bridgehead atoms. The molecular formula is C7H6BrN3O3. The molecule has 0 atom stereocenters. The number of nitrogen functional groups attached to an aromatic ring is 1. The highest BCUT2D eigenvalue weighted by Gasteiger charge is 2.13. The fourth-order valence-electron chi connectivity index (χ4n) is 0.879. The molecule has 74 valence electrons. The van der Waals surface area contributed by atoms with E-state index in [0.717, 1.165) is 0 Å². The Kier molecular flexibility index (Phi) is 3.15. The topological polar surface area (TPSA) is 98.3 Å². The first-order valence-electron chi connectivity index (χ1n) is 3.51. The van der Waals surface area contributed by atoms with Gasteiger partial charge in [-0.25, -0.2) is 5.84 Å². The number of nitro groups is 1. The number of nitrogens with zero attached hydrogens (tertiary/aromatic N) is 1. The van der Waals surface area contributed by atoms with Gasteiger partial charge >= 0.3 is 0 Å². The molecule has 0 aliphatic carbocycles. The Morgan fingerprint density at radius 1 is 1.57 bits per heavy atom. The number of non-ortho nitro benzene ring substituents is 1. The summed E-state index contributed by atoms with van der Waals surface area (Å²) < 4.78 is 0.328. The molecule has 0 aromatic heterocycles. The number of halogens is 1. The molecule has 0 heterocycles. The molecule has 1 aromatic carbocycles. The quantitative estimate of drug-likeness (QED) is 0.358. The molecule has 3 N–H and O–H groups in total. The Morgan fingerprint density at radius 2 is 2.21 bits per heavy atom. The van der Waals surface area contributed by atoms with Gasteiger partial charge in [0, 0.05) is 16.6 Å². The van der Waals surface area contributed by atoms with Gasteiger partial charge in [-0.2, -0.15) is 0 Å². The zero-order valence-corrected chi connectivity index (χ0v) is 8.45. The number of carbonyl (C=O) groups excluding carboxylic acids is 1. The first kappa shape index (κ1) is 10.6. The summed E-state index contributed by atoms with van der Waals surface area (Å²) in [5.74, 6) is 4.41. The minimum atomic E-state index is -0.547. The average Bonchev–Trinajstić information content (AvgIpc) is 2.16. The highest BCUT2D eigenvalue weighted by Crippen LogP contribution is 2.22. The number of carbonyl (C=O) groups is 1. The molecule has 0 radical (unpaired) electrons. The number of hydrogen-bond acceptors (Lipinski definition) is 4. The van der Waals surface area contributed by atoms with Gasteiger partial charge in [0.15, 0.2) is 0 Å². The lowest BCUT2D eigenvalue weighted by atomic mass is 10.2. The summed E-state index contributed by atoms with van der Waals surface area (Å²) in [7, 11) is 0. The van der Waals surface area contributed by atoms with Crippen molar-refractivity contribution in [3.63, 3.8) is 0 Å².